The maximum Gasteiger partial charge on any atom is 0.0377 e. The summed E-state index contributed by atoms with van der Waals surface area (Å²) in [4.78, 5) is 2.38. The van der Waals surface area contributed by atoms with Crippen molar-refractivity contribution in [2.24, 2.45) is 0 Å². The van der Waals surface area contributed by atoms with Gasteiger partial charge in [0.2, 0.25) is 0 Å². The van der Waals surface area contributed by atoms with Gasteiger partial charge in [0.15, 0.2) is 0 Å². The van der Waals surface area contributed by atoms with Crippen molar-refractivity contribution in [1.29, 1.82) is 0 Å². The molecule has 3 heteroatoms. The lowest BCUT2D eigenvalue weighted by atomic mass is 10.2. The van der Waals surface area contributed by atoms with Crippen molar-refractivity contribution in [2.45, 2.75) is 45.3 Å². The lowest BCUT2D eigenvalue weighted by Gasteiger charge is -2.20. The van der Waals surface area contributed by atoms with Crippen LogP contribution in [0.3, 0.4) is 0 Å². The first-order chi connectivity index (χ1) is 8.08. The zero-order valence-corrected chi connectivity index (χ0v) is 12.4. The molecule has 0 saturated heterocycles. The number of nitrogens with one attached hydrogen (secondary N) is 1. The molecule has 0 amide bonds. The van der Waals surface area contributed by atoms with Gasteiger partial charge in [-0.2, -0.15) is 0 Å². The molecule has 0 atom stereocenters. The van der Waals surface area contributed by atoms with Gasteiger partial charge in [-0.1, -0.05) is 35.8 Å². The lowest BCUT2D eigenvalue weighted by Crippen LogP contribution is -2.22. The van der Waals surface area contributed by atoms with Gasteiger partial charge in [-0.15, -0.1) is 0 Å². The van der Waals surface area contributed by atoms with Crippen molar-refractivity contribution in [3.63, 3.8) is 0 Å². The molecule has 1 saturated carbocycles. The van der Waals surface area contributed by atoms with Gasteiger partial charge in [-0.05, 0) is 30.5 Å². The predicted molar refractivity (Wildman–Crippen MR) is 77.5 cm³/mol. The first kappa shape index (κ1) is 12.9. The Morgan fingerprint density at radius 1 is 1.41 bits per heavy atom. The summed E-state index contributed by atoms with van der Waals surface area (Å²) in [6.45, 7) is 5.26. The number of rotatable bonds is 5. The second-order valence-corrected chi connectivity index (χ2v) is 6.01. The van der Waals surface area contributed by atoms with E-state index in [2.05, 4.69) is 65.2 Å². The SMILES string of the molecule is CC(C)NCc1ccc(N(C)C2CC2)cc1Br. The van der Waals surface area contributed by atoms with Crippen LogP contribution in [0.4, 0.5) is 5.69 Å². The standard InChI is InChI=1S/C14H21BrN2/c1-10(2)16-9-11-4-5-13(8-14(11)15)17(3)12-6-7-12/h4-5,8,10,12,16H,6-7,9H2,1-3H3. The molecule has 1 aromatic carbocycles. The highest BCUT2D eigenvalue weighted by Crippen LogP contribution is 2.32. The molecule has 0 spiro atoms. The van der Waals surface area contributed by atoms with Crippen molar-refractivity contribution in [2.75, 3.05) is 11.9 Å². The molecule has 0 aliphatic heterocycles. The molecule has 0 heterocycles. The summed E-state index contributed by atoms with van der Waals surface area (Å²) in [7, 11) is 2.19. The Morgan fingerprint density at radius 3 is 2.65 bits per heavy atom. The van der Waals surface area contributed by atoms with Crippen LogP contribution in [-0.2, 0) is 6.54 Å². The highest BCUT2D eigenvalue weighted by Gasteiger charge is 2.26. The van der Waals surface area contributed by atoms with Crippen molar-refractivity contribution in [1.82, 2.24) is 5.32 Å². The first-order valence-electron chi connectivity index (χ1n) is 6.32. The smallest absolute Gasteiger partial charge is 0.0377 e. The molecule has 0 bridgehead atoms. The van der Waals surface area contributed by atoms with E-state index in [1.165, 1.54) is 28.6 Å². The van der Waals surface area contributed by atoms with Crippen LogP contribution in [0.5, 0.6) is 0 Å². The van der Waals surface area contributed by atoms with E-state index < -0.39 is 0 Å². The molecule has 1 N–H and O–H groups in total. The van der Waals surface area contributed by atoms with Crippen LogP contribution in [-0.4, -0.2) is 19.1 Å². The van der Waals surface area contributed by atoms with Gasteiger partial charge in [0, 0.05) is 35.8 Å². The van der Waals surface area contributed by atoms with Crippen LogP contribution in [0.25, 0.3) is 0 Å². The van der Waals surface area contributed by atoms with Crippen molar-refractivity contribution in [3.8, 4) is 0 Å². The van der Waals surface area contributed by atoms with Crippen LogP contribution in [0, 0.1) is 0 Å². The molecule has 17 heavy (non-hydrogen) atoms. The van der Waals surface area contributed by atoms with Gasteiger partial charge in [-0.3, -0.25) is 0 Å². The summed E-state index contributed by atoms with van der Waals surface area (Å²) in [6, 6.07) is 7.96. The molecular weight excluding hydrogens is 276 g/mol. The van der Waals surface area contributed by atoms with E-state index in [0.717, 1.165) is 12.6 Å². The molecular formula is C14H21BrN2. The van der Waals surface area contributed by atoms with Crippen LogP contribution in [0.2, 0.25) is 0 Å². The van der Waals surface area contributed by atoms with E-state index in [9.17, 15) is 0 Å². The summed E-state index contributed by atoms with van der Waals surface area (Å²) in [5.74, 6) is 0. The molecule has 1 fully saturated rings. The molecule has 1 aliphatic carbocycles. The Morgan fingerprint density at radius 2 is 2.12 bits per heavy atom. The van der Waals surface area contributed by atoms with Crippen molar-refractivity contribution in [3.05, 3.63) is 28.2 Å². The first-order valence-corrected chi connectivity index (χ1v) is 7.12. The number of benzene rings is 1. The lowest BCUT2D eigenvalue weighted by molar-refractivity contribution is 0.588. The van der Waals surface area contributed by atoms with Gasteiger partial charge < -0.3 is 10.2 Å². The fourth-order valence-electron chi connectivity index (χ4n) is 1.89. The predicted octanol–water partition coefficient (Wildman–Crippen LogP) is 3.55. The summed E-state index contributed by atoms with van der Waals surface area (Å²) in [5, 5.41) is 3.44. The molecule has 0 radical (unpaired) electrons. The Labute approximate surface area is 113 Å². The highest BCUT2D eigenvalue weighted by molar-refractivity contribution is 9.10. The quantitative estimate of drug-likeness (QED) is 0.894. The minimum Gasteiger partial charge on any atom is -0.372 e. The maximum absolute atomic E-state index is 3.67. The summed E-state index contributed by atoms with van der Waals surface area (Å²) < 4.78 is 1.20. The van der Waals surface area contributed by atoms with E-state index in [4.69, 9.17) is 0 Å². The fraction of sp³-hybridized carbons (Fsp3) is 0.571. The summed E-state index contributed by atoms with van der Waals surface area (Å²) in [5.41, 5.74) is 2.64. The van der Waals surface area contributed by atoms with Crippen LogP contribution in [0.1, 0.15) is 32.3 Å². The normalized spacial score (nSPS) is 15.4. The zero-order valence-electron chi connectivity index (χ0n) is 10.8. The minimum atomic E-state index is 0.524. The number of hydrogen-bond donors (Lipinski definition) is 1. The van der Waals surface area contributed by atoms with E-state index in [1.54, 1.807) is 0 Å². The molecule has 1 aromatic rings. The van der Waals surface area contributed by atoms with Gasteiger partial charge in [-0.25, -0.2) is 0 Å². The van der Waals surface area contributed by atoms with Gasteiger partial charge in [0.05, 0.1) is 0 Å². The molecule has 0 aromatic heterocycles. The van der Waals surface area contributed by atoms with Crippen LogP contribution < -0.4 is 10.2 Å². The molecule has 2 rings (SSSR count). The Bertz CT molecular complexity index is 386. The molecule has 2 nitrogen and oxygen atoms in total. The van der Waals surface area contributed by atoms with E-state index in [0.29, 0.717) is 6.04 Å². The molecule has 1 aliphatic rings. The number of nitrogens with zero attached hydrogens (tertiary/aromatic N) is 1. The average molecular weight is 297 g/mol. The number of hydrogen-bond acceptors (Lipinski definition) is 2. The highest BCUT2D eigenvalue weighted by atomic mass is 79.9. The monoisotopic (exact) mass is 296 g/mol. The van der Waals surface area contributed by atoms with E-state index >= 15 is 0 Å². The Hall–Kier alpha value is -0.540. The number of halogens is 1. The second kappa shape index (κ2) is 5.40. The third kappa shape index (κ3) is 3.46. The van der Waals surface area contributed by atoms with E-state index in [1.807, 2.05) is 0 Å². The van der Waals surface area contributed by atoms with Crippen molar-refractivity contribution >= 4 is 21.6 Å². The molecule has 0 unspecified atom stereocenters. The van der Waals surface area contributed by atoms with Crippen LogP contribution >= 0.6 is 15.9 Å². The van der Waals surface area contributed by atoms with Crippen molar-refractivity contribution < 1.29 is 0 Å². The Balaban J connectivity index is 2.05. The van der Waals surface area contributed by atoms with E-state index in [-0.39, 0.29) is 0 Å². The van der Waals surface area contributed by atoms with Crippen LogP contribution in [0.15, 0.2) is 22.7 Å². The largest absolute Gasteiger partial charge is 0.372 e. The maximum atomic E-state index is 3.67. The average Bonchev–Trinajstić information content (AvgIpc) is 3.10. The third-order valence-electron chi connectivity index (χ3n) is 3.24. The van der Waals surface area contributed by atoms with Gasteiger partial charge in [0.25, 0.3) is 0 Å². The topological polar surface area (TPSA) is 15.3 Å². The molecule has 94 valence electrons. The minimum absolute atomic E-state index is 0.524. The number of anilines is 1. The summed E-state index contributed by atoms with van der Waals surface area (Å²) in [6.07, 6.45) is 2.68. The van der Waals surface area contributed by atoms with Gasteiger partial charge >= 0.3 is 0 Å². The van der Waals surface area contributed by atoms with Gasteiger partial charge in [0.1, 0.15) is 0 Å². The second-order valence-electron chi connectivity index (χ2n) is 5.15. The zero-order chi connectivity index (χ0) is 12.4. The fourth-order valence-corrected chi connectivity index (χ4v) is 2.39. The Kier molecular flexibility index (Phi) is 4.10. The summed E-state index contributed by atoms with van der Waals surface area (Å²) >= 11 is 3.67. The third-order valence-corrected chi connectivity index (χ3v) is 3.98.